The molecule has 0 aliphatic heterocycles. The molecule has 0 saturated heterocycles. The summed E-state index contributed by atoms with van der Waals surface area (Å²) in [5.41, 5.74) is 0.979. The highest BCUT2D eigenvalue weighted by Crippen LogP contribution is 2.18. The highest BCUT2D eigenvalue weighted by molar-refractivity contribution is 5.94. The minimum Gasteiger partial charge on any atom is -0.349 e. The van der Waals surface area contributed by atoms with Crippen LogP contribution in [0.2, 0.25) is 0 Å². The molecule has 0 bridgehead atoms. The summed E-state index contributed by atoms with van der Waals surface area (Å²) in [6.45, 7) is 1.81. The zero-order valence-corrected chi connectivity index (χ0v) is 9.42. The number of carbonyl (C=O) groups is 1. The summed E-state index contributed by atoms with van der Waals surface area (Å²) in [4.78, 5) is 11.8. The van der Waals surface area contributed by atoms with Gasteiger partial charge in [0.25, 0.3) is 5.91 Å². The fourth-order valence-electron chi connectivity index (χ4n) is 2.14. The zero-order chi connectivity index (χ0) is 11.5. The van der Waals surface area contributed by atoms with Gasteiger partial charge in [-0.05, 0) is 37.5 Å². The Bertz CT molecular complexity index is 397. The van der Waals surface area contributed by atoms with Gasteiger partial charge in [0.1, 0.15) is 5.82 Å². The number of carbonyl (C=O) groups excluding carboxylic acids is 1. The van der Waals surface area contributed by atoms with Crippen molar-refractivity contribution >= 4 is 5.91 Å². The van der Waals surface area contributed by atoms with E-state index in [0.717, 1.165) is 31.2 Å². The molecule has 0 aromatic heterocycles. The lowest BCUT2D eigenvalue weighted by molar-refractivity contribution is 0.0934. The lowest BCUT2D eigenvalue weighted by Gasteiger charge is -2.12. The monoisotopic (exact) mass is 221 g/mol. The molecule has 16 heavy (non-hydrogen) atoms. The molecule has 1 aliphatic rings. The quantitative estimate of drug-likeness (QED) is 0.817. The minimum atomic E-state index is -0.435. The van der Waals surface area contributed by atoms with E-state index in [0.29, 0.717) is 0 Å². The molecule has 1 aromatic rings. The van der Waals surface area contributed by atoms with Gasteiger partial charge in [-0.3, -0.25) is 4.79 Å². The Morgan fingerprint density at radius 3 is 2.69 bits per heavy atom. The average molecular weight is 221 g/mol. The summed E-state index contributed by atoms with van der Waals surface area (Å²) >= 11 is 0. The molecule has 0 unspecified atom stereocenters. The topological polar surface area (TPSA) is 29.1 Å². The second-order valence-corrected chi connectivity index (χ2v) is 4.44. The Morgan fingerprint density at radius 2 is 2.06 bits per heavy atom. The summed E-state index contributed by atoms with van der Waals surface area (Å²) in [5, 5.41) is 2.88. The van der Waals surface area contributed by atoms with Gasteiger partial charge in [0.05, 0.1) is 5.56 Å². The number of halogens is 1. The predicted octanol–water partition coefficient (Wildman–Crippen LogP) is 2.81. The van der Waals surface area contributed by atoms with Crippen LogP contribution in [0.5, 0.6) is 0 Å². The van der Waals surface area contributed by atoms with Crippen LogP contribution in [-0.4, -0.2) is 11.9 Å². The van der Waals surface area contributed by atoms with Gasteiger partial charge < -0.3 is 5.32 Å². The normalized spacial score (nSPS) is 16.4. The molecule has 1 fully saturated rings. The van der Waals surface area contributed by atoms with Crippen molar-refractivity contribution in [1.29, 1.82) is 0 Å². The van der Waals surface area contributed by atoms with E-state index in [2.05, 4.69) is 5.32 Å². The predicted molar refractivity (Wildman–Crippen MR) is 60.9 cm³/mol. The SMILES string of the molecule is Cc1ccc(C(=O)NC2CCCC2)c(F)c1. The first-order valence-electron chi connectivity index (χ1n) is 5.74. The van der Waals surface area contributed by atoms with Crippen LogP contribution in [0.4, 0.5) is 4.39 Å². The maximum Gasteiger partial charge on any atom is 0.254 e. The van der Waals surface area contributed by atoms with Crippen LogP contribution in [0.25, 0.3) is 0 Å². The van der Waals surface area contributed by atoms with Gasteiger partial charge in [-0.2, -0.15) is 0 Å². The second kappa shape index (κ2) is 4.64. The highest BCUT2D eigenvalue weighted by Gasteiger charge is 2.19. The summed E-state index contributed by atoms with van der Waals surface area (Å²) < 4.78 is 13.5. The molecule has 0 radical (unpaired) electrons. The number of hydrogen-bond donors (Lipinski definition) is 1. The Kier molecular flexibility index (Phi) is 3.22. The molecule has 2 nitrogen and oxygen atoms in total. The van der Waals surface area contributed by atoms with Crippen LogP contribution >= 0.6 is 0 Å². The standard InChI is InChI=1S/C13H16FNO/c1-9-6-7-11(12(14)8-9)13(16)15-10-4-2-3-5-10/h6-8,10H,2-5H2,1H3,(H,15,16). The van der Waals surface area contributed by atoms with E-state index < -0.39 is 5.82 Å². The van der Waals surface area contributed by atoms with Gasteiger partial charge >= 0.3 is 0 Å². The minimum absolute atomic E-state index is 0.150. The third-order valence-corrected chi connectivity index (χ3v) is 3.06. The Hall–Kier alpha value is -1.38. The summed E-state index contributed by atoms with van der Waals surface area (Å²) in [5.74, 6) is -0.722. The van der Waals surface area contributed by atoms with E-state index in [1.54, 1.807) is 12.1 Å². The number of rotatable bonds is 2. The van der Waals surface area contributed by atoms with E-state index >= 15 is 0 Å². The molecule has 3 heteroatoms. The van der Waals surface area contributed by atoms with Gasteiger partial charge in [0.2, 0.25) is 0 Å². The molecule has 1 aromatic carbocycles. The van der Waals surface area contributed by atoms with Crippen molar-refractivity contribution in [2.45, 2.75) is 38.6 Å². The molecule has 1 N–H and O–H groups in total. The highest BCUT2D eigenvalue weighted by atomic mass is 19.1. The van der Waals surface area contributed by atoms with Crippen molar-refractivity contribution in [2.24, 2.45) is 0 Å². The average Bonchev–Trinajstić information content (AvgIpc) is 2.70. The number of aryl methyl sites for hydroxylation is 1. The molecule has 1 aliphatic carbocycles. The first-order valence-corrected chi connectivity index (χ1v) is 5.74. The van der Waals surface area contributed by atoms with Crippen molar-refractivity contribution in [2.75, 3.05) is 0 Å². The summed E-state index contributed by atoms with van der Waals surface area (Å²) in [6, 6.07) is 4.93. The van der Waals surface area contributed by atoms with Crippen molar-refractivity contribution in [3.8, 4) is 0 Å². The molecule has 2 rings (SSSR count). The molecule has 86 valence electrons. The lowest BCUT2D eigenvalue weighted by atomic mass is 10.1. The first-order chi connectivity index (χ1) is 7.66. The first kappa shape index (κ1) is 11.1. The van der Waals surface area contributed by atoms with Crippen molar-refractivity contribution in [3.05, 3.63) is 35.1 Å². The molecule has 0 atom stereocenters. The van der Waals surface area contributed by atoms with Gasteiger partial charge in [-0.1, -0.05) is 18.9 Å². The summed E-state index contributed by atoms with van der Waals surface area (Å²) in [7, 11) is 0. The third-order valence-electron chi connectivity index (χ3n) is 3.06. The number of benzene rings is 1. The van der Waals surface area contributed by atoms with Crippen molar-refractivity contribution in [1.82, 2.24) is 5.32 Å². The smallest absolute Gasteiger partial charge is 0.254 e. The zero-order valence-electron chi connectivity index (χ0n) is 9.42. The van der Waals surface area contributed by atoms with E-state index in [4.69, 9.17) is 0 Å². The number of nitrogens with one attached hydrogen (secondary N) is 1. The molecular weight excluding hydrogens is 205 g/mol. The molecule has 0 heterocycles. The maximum atomic E-state index is 13.5. The van der Waals surface area contributed by atoms with E-state index in [-0.39, 0.29) is 17.5 Å². The van der Waals surface area contributed by atoms with E-state index in [9.17, 15) is 9.18 Å². The molecule has 1 amide bonds. The number of amides is 1. The van der Waals surface area contributed by atoms with E-state index in [1.165, 1.54) is 6.07 Å². The third kappa shape index (κ3) is 2.40. The van der Waals surface area contributed by atoms with Gasteiger partial charge in [-0.15, -0.1) is 0 Å². The second-order valence-electron chi connectivity index (χ2n) is 4.44. The molecule has 0 spiro atoms. The van der Waals surface area contributed by atoms with Gasteiger partial charge in [0, 0.05) is 6.04 Å². The Morgan fingerprint density at radius 1 is 1.38 bits per heavy atom. The van der Waals surface area contributed by atoms with Crippen LogP contribution in [0, 0.1) is 12.7 Å². The summed E-state index contributed by atoms with van der Waals surface area (Å²) in [6.07, 6.45) is 4.33. The van der Waals surface area contributed by atoms with Crippen molar-refractivity contribution < 1.29 is 9.18 Å². The van der Waals surface area contributed by atoms with Crippen LogP contribution < -0.4 is 5.32 Å². The van der Waals surface area contributed by atoms with Crippen LogP contribution in [-0.2, 0) is 0 Å². The van der Waals surface area contributed by atoms with Crippen LogP contribution in [0.1, 0.15) is 41.6 Å². The van der Waals surface area contributed by atoms with Crippen LogP contribution in [0.15, 0.2) is 18.2 Å². The van der Waals surface area contributed by atoms with E-state index in [1.807, 2.05) is 6.92 Å². The molecule has 1 saturated carbocycles. The lowest BCUT2D eigenvalue weighted by Crippen LogP contribution is -2.33. The maximum absolute atomic E-state index is 13.5. The largest absolute Gasteiger partial charge is 0.349 e. The fourth-order valence-corrected chi connectivity index (χ4v) is 2.14. The number of hydrogen-bond acceptors (Lipinski definition) is 1. The van der Waals surface area contributed by atoms with Crippen molar-refractivity contribution in [3.63, 3.8) is 0 Å². The Balaban J connectivity index is 2.08. The fraction of sp³-hybridized carbons (Fsp3) is 0.462. The Labute approximate surface area is 94.9 Å². The molecular formula is C13H16FNO. The van der Waals surface area contributed by atoms with Gasteiger partial charge in [-0.25, -0.2) is 4.39 Å². The van der Waals surface area contributed by atoms with Gasteiger partial charge in [0.15, 0.2) is 0 Å². The van der Waals surface area contributed by atoms with Crippen LogP contribution in [0.3, 0.4) is 0 Å².